The summed E-state index contributed by atoms with van der Waals surface area (Å²) in [4.78, 5) is 2.17. The van der Waals surface area contributed by atoms with Gasteiger partial charge in [-0.2, -0.15) is 0 Å². The summed E-state index contributed by atoms with van der Waals surface area (Å²) in [6, 6.07) is 5.51. The van der Waals surface area contributed by atoms with E-state index in [-0.39, 0.29) is 31.9 Å². The van der Waals surface area contributed by atoms with Crippen LogP contribution in [0.5, 0.6) is 11.5 Å². The number of nitrogens with zero attached hydrogens (tertiary/aromatic N) is 1. The van der Waals surface area contributed by atoms with Gasteiger partial charge in [-0.25, -0.2) is 4.39 Å². The summed E-state index contributed by atoms with van der Waals surface area (Å²) < 4.78 is 24.0. The van der Waals surface area contributed by atoms with Gasteiger partial charge < -0.3 is 14.8 Å². The number of hydrogen-bond donors (Lipinski definition) is 1. The van der Waals surface area contributed by atoms with Crippen LogP contribution < -0.4 is 14.8 Å². The van der Waals surface area contributed by atoms with Crippen LogP contribution in [0, 0.1) is 0 Å². The van der Waals surface area contributed by atoms with Crippen molar-refractivity contribution in [3.05, 3.63) is 23.8 Å². The molecule has 3 rings (SSSR count). The molecule has 4 nitrogen and oxygen atoms in total. The molecular weight excluding hydrogens is 271 g/mol. The lowest BCUT2D eigenvalue weighted by Crippen LogP contribution is -2.45. The molecule has 1 atom stereocenters. The van der Waals surface area contributed by atoms with Crippen molar-refractivity contribution in [3.63, 3.8) is 0 Å². The number of ether oxygens (including phenoxy) is 2. The first kappa shape index (κ1) is 14.4. The molecule has 6 heteroatoms. The van der Waals surface area contributed by atoms with Crippen molar-refractivity contribution in [2.45, 2.75) is 6.04 Å². The van der Waals surface area contributed by atoms with Crippen LogP contribution in [0.2, 0.25) is 0 Å². The summed E-state index contributed by atoms with van der Waals surface area (Å²) in [5.74, 6) is 1.47. The minimum atomic E-state index is -0.375. The van der Waals surface area contributed by atoms with Crippen molar-refractivity contribution in [1.82, 2.24) is 10.2 Å². The Morgan fingerprint density at radius 1 is 1.21 bits per heavy atom. The highest BCUT2D eigenvalue weighted by atomic mass is 35.5. The Balaban J connectivity index is 0.00000133. The van der Waals surface area contributed by atoms with E-state index >= 15 is 0 Å². The smallest absolute Gasteiger partial charge is 0.231 e. The molecule has 1 N–H and O–H groups in total. The maximum Gasteiger partial charge on any atom is 0.231 e. The summed E-state index contributed by atoms with van der Waals surface area (Å²) in [6.45, 7) is 3.47. The third kappa shape index (κ3) is 2.94. The van der Waals surface area contributed by atoms with E-state index in [0.29, 0.717) is 0 Å². The fourth-order valence-electron chi connectivity index (χ4n) is 2.51. The largest absolute Gasteiger partial charge is 0.454 e. The predicted molar refractivity (Wildman–Crippen MR) is 73.0 cm³/mol. The highest BCUT2D eigenvalue weighted by molar-refractivity contribution is 5.85. The summed E-state index contributed by atoms with van der Waals surface area (Å²) in [5.41, 5.74) is 0.962. The van der Waals surface area contributed by atoms with Gasteiger partial charge in [0.15, 0.2) is 11.5 Å². The molecule has 2 aliphatic heterocycles. The fourth-order valence-corrected chi connectivity index (χ4v) is 2.51. The van der Waals surface area contributed by atoms with Gasteiger partial charge in [-0.1, -0.05) is 6.07 Å². The molecule has 0 bridgehead atoms. The van der Waals surface area contributed by atoms with E-state index < -0.39 is 0 Å². The Hall–Kier alpha value is -1.04. The van der Waals surface area contributed by atoms with Crippen LogP contribution in [0.1, 0.15) is 11.6 Å². The van der Waals surface area contributed by atoms with Crippen LogP contribution >= 0.6 is 12.4 Å². The summed E-state index contributed by atoms with van der Waals surface area (Å²) >= 11 is 0. The molecule has 1 saturated heterocycles. The molecular formula is C13H18ClFN2O2. The maximum atomic E-state index is 13.3. The second-order valence-electron chi connectivity index (χ2n) is 4.57. The number of benzene rings is 1. The summed E-state index contributed by atoms with van der Waals surface area (Å²) in [6.07, 6.45) is 0. The zero-order valence-electron chi connectivity index (χ0n) is 10.6. The molecule has 0 radical (unpaired) electrons. The standard InChI is InChI=1S/C13H17FN2O2.ClH/c14-8-11(16-5-3-15-4-6-16)10-1-2-12-13(7-10)18-9-17-12;/h1-2,7,11,15H,3-6,8-9H2;1H/t11-;/m0./s1. The molecule has 1 fully saturated rings. The van der Waals surface area contributed by atoms with E-state index in [0.717, 1.165) is 43.2 Å². The van der Waals surface area contributed by atoms with Crippen molar-refractivity contribution in [2.75, 3.05) is 39.6 Å². The Labute approximate surface area is 118 Å². The van der Waals surface area contributed by atoms with Gasteiger partial charge in [0.05, 0.1) is 6.04 Å². The Morgan fingerprint density at radius 3 is 2.68 bits per heavy atom. The van der Waals surface area contributed by atoms with Gasteiger partial charge in [0.2, 0.25) is 6.79 Å². The molecule has 2 aliphatic rings. The van der Waals surface area contributed by atoms with Crippen LogP contribution in [-0.4, -0.2) is 44.5 Å². The van der Waals surface area contributed by atoms with Crippen LogP contribution in [0.4, 0.5) is 4.39 Å². The van der Waals surface area contributed by atoms with Crippen LogP contribution in [0.15, 0.2) is 18.2 Å². The van der Waals surface area contributed by atoms with Gasteiger partial charge in [0.1, 0.15) is 6.67 Å². The van der Waals surface area contributed by atoms with Crippen molar-refractivity contribution in [1.29, 1.82) is 0 Å². The molecule has 1 aromatic carbocycles. The normalized spacial score (nSPS) is 19.8. The van der Waals surface area contributed by atoms with Crippen molar-refractivity contribution < 1.29 is 13.9 Å². The number of rotatable bonds is 3. The highest BCUT2D eigenvalue weighted by Crippen LogP contribution is 2.35. The molecule has 1 aromatic rings. The molecule has 0 unspecified atom stereocenters. The minimum Gasteiger partial charge on any atom is -0.454 e. The number of hydrogen-bond acceptors (Lipinski definition) is 4. The Kier molecular flexibility index (Phi) is 4.85. The van der Waals surface area contributed by atoms with E-state index in [2.05, 4.69) is 10.2 Å². The molecule has 2 heterocycles. The quantitative estimate of drug-likeness (QED) is 0.919. The van der Waals surface area contributed by atoms with E-state index in [4.69, 9.17) is 9.47 Å². The number of piperazine rings is 1. The lowest BCUT2D eigenvalue weighted by atomic mass is 10.0. The zero-order valence-corrected chi connectivity index (χ0v) is 11.4. The van der Waals surface area contributed by atoms with Crippen LogP contribution in [-0.2, 0) is 0 Å². The average Bonchev–Trinajstić information content (AvgIpc) is 2.88. The van der Waals surface area contributed by atoms with Crippen LogP contribution in [0.25, 0.3) is 0 Å². The van der Waals surface area contributed by atoms with E-state index in [1.165, 1.54) is 0 Å². The predicted octanol–water partition coefficient (Wildman–Crippen LogP) is 1.75. The number of halogens is 2. The molecule has 106 valence electrons. The van der Waals surface area contributed by atoms with Gasteiger partial charge in [0, 0.05) is 26.2 Å². The number of nitrogens with one attached hydrogen (secondary N) is 1. The highest BCUT2D eigenvalue weighted by Gasteiger charge is 2.24. The van der Waals surface area contributed by atoms with Crippen LogP contribution in [0.3, 0.4) is 0 Å². The van der Waals surface area contributed by atoms with Crippen molar-refractivity contribution in [2.24, 2.45) is 0 Å². The molecule has 19 heavy (non-hydrogen) atoms. The zero-order chi connectivity index (χ0) is 12.4. The monoisotopic (exact) mass is 288 g/mol. The number of alkyl halides is 1. The van der Waals surface area contributed by atoms with E-state index in [1.807, 2.05) is 18.2 Å². The lowest BCUT2D eigenvalue weighted by Gasteiger charge is -2.33. The van der Waals surface area contributed by atoms with Gasteiger partial charge in [-0.05, 0) is 17.7 Å². The second kappa shape index (κ2) is 6.41. The van der Waals surface area contributed by atoms with Crippen molar-refractivity contribution >= 4 is 12.4 Å². The molecule has 0 aromatic heterocycles. The van der Waals surface area contributed by atoms with Gasteiger partial charge in [0.25, 0.3) is 0 Å². The maximum absolute atomic E-state index is 13.3. The van der Waals surface area contributed by atoms with E-state index in [9.17, 15) is 4.39 Å². The second-order valence-corrected chi connectivity index (χ2v) is 4.57. The van der Waals surface area contributed by atoms with Gasteiger partial charge >= 0.3 is 0 Å². The fraction of sp³-hybridized carbons (Fsp3) is 0.538. The average molecular weight is 289 g/mol. The Bertz CT molecular complexity index is 427. The third-order valence-electron chi connectivity index (χ3n) is 3.52. The first-order valence-electron chi connectivity index (χ1n) is 6.29. The third-order valence-corrected chi connectivity index (χ3v) is 3.52. The number of fused-ring (bicyclic) bond motifs is 1. The van der Waals surface area contributed by atoms with Crippen molar-refractivity contribution in [3.8, 4) is 11.5 Å². The minimum absolute atomic E-state index is 0. The van der Waals surface area contributed by atoms with Gasteiger partial charge in [-0.3, -0.25) is 4.90 Å². The Morgan fingerprint density at radius 2 is 1.95 bits per heavy atom. The van der Waals surface area contributed by atoms with E-state index in [1.54, 1.807) is 0 Å². The van der Waals surface area contributed by atoms with Gasteiger partial charge in [-0.15, -0.1) is 12.4 Å². The topological polar surface area (TPSA) is 33.7 Å². The summed E-state index contributed by atoms with van der Waals surface area (Å²) in [7, 11) is 0. The lowest BCUT2D eigenvalue weighted by molar-refractivity contribution is 0.147. The molecule has 0 aliphatic carbocycles. The first-order chi connectivity index (χ1) is 8.88. The molecule has 0 saturated carbocycles. The summed E-state index contributed by atoms with van der Waals surface area (Å²) in [5, 5.41) is 3.28. The SMILES string of the molecule is Cl.FC[C@@H](c1ccc2c(c1)OCO2)N1CCNCC1. The molecule has 0 amide bonds. The first-order valence-corrected chi connectivity index (χ1v) is 6.29. The molecule has 0 spiro atoms.